The normalized spacial score (nSPS) is 12.9. The Balaban J connectivity index is 3.46. The first-order valence-electron chi connectivity index (χ1n) is 2.30. The van der Waals surface area contributed by atoms with Gasteiger partial charge in [-0.3, -0.25) is 10.0 Å². The molecule has 0 rings (SSSR count). The first kappa shape index (κ1) is 7.72. The fraction of sp³-hybridized carbons (Fsp3) is 0.750. The van der Waals surface area contributed by atoms with Gasteiger partial charge < -0.3 is 0 Å². The molecule has 1 amide bonds. The number of hydrogen-bond donors (Lipinski definition) is 2. The summed E-state index contributed by atoms with van der Waals surface area (Å²) in [6, 6.07) is 0. The molecule has 1 atom stereocenters. The lowest BCUT2D eigenvalue weighted by Gasteiger charge is -2.00. The second kappa shape index (κ2) is 3.69. The third kappa shape index (κ3) is 2.14. The lowest BCUT2D eigenvalue weighted by Crippen LogP contribution is -2.27. The summed E-state index contributed by atoms with van der Waals surface area (Å²) in [6.07, 6.45) is 0.522. The molecule has 0 spiro atoms. The Morgan fingerprint density at radius 1 is 2.00 bits per heavy atom. The average molecular weight is 138 g/mol. The molecule has 0 saturated carbocycles. The summed E-state index contributed by atoms with van der Waals surface area (Å²) in [5.74, 6) is -0.547. The summed E-state index contributed by atoms with van der Waals surface area (Å²) in [6.45, 7) is 1.76. The minimum atomic E-state index is -0.611. The molecule has 0 bridgehead atoms. The molecule has 3 nitrogen and oxygen atoms in total. The number of amides is 1. The smallest absolute Gasteiger partial charge is 0.261 e. The summed E-state index contributed by atoms with van der Waals surface area (Å²) in [5, 5.41) is 7.34. The quantitative estimate of drug-likeness (QED) is 0.331. The van der Waals surface area contributed by atoms with E-state index < -0.39 is 11.3 Å². The molecule has 0 aliphatic carbocycles. The molecule has 0 fully saturated rings. The van der Waals surface area contributed by atoms with E-state index in [4.69, 9.17) is 16.8 Å². The second-order valence-electron chi connectivity index (χ2n) is 1.35. The van der Waals surface area contributed by atoms with Gasteiger partial charge in [0.15, 0.2) is 0 Å². The number of nitrogens with one attached hydrogen (secondary N) is 1. The van der Waals surface area contributed by atoms with Crippen LogP contribution < -0.4 is 5.48 Å². The number of carbonyl (C=O) groups excluding carboxylic acids is 1. The van der Waals surface area contributed by atoms with E-state index in [9.17, 15) is 4.79 Å². The molecule has 0 heterocycles. The molecule has 8 heavy (non-hydrogen) atoms. The highest BCUT2D eigenvalue weighted by Gasteiger charge is 2.09. The topological polar surface area (TPSA) is 49.3 Å². The van der Waals surface area contributed by atoms with Crippen molar-refractivity contribution in [2.75, 3.05) is 0 Å². The number of halogens is 1. The summed E-state index contributed by atoms with van der Waals surface area (Å²) in [7, 11) is 0. The van der Waals surface area contributed by atoms with Crippen molar-refractivity contribution in [2.24, 2.45) is 0 Å². The van der Waals surface area contributed by atoms with Crippen LogP contribution in [0.4, 0.5) is 0 Å². The molecule has 0 aliphatic rings. The van der Waals surface area contributed by atoms with Gasteiger partial charge in [0, 0.05) is 0 Å². The molecule has 0 aliphatic heterocycles. The van der Waals surface area contributed by atoms with Gasteiger partial charge in [-0.15, -0.1) is 11.6 Å². The third-order valence-electron chi connectivity index (χ3n) is 0.753. The lowest BCUT2D eigenvalue weighted by molar-refractivity contribution is -0.128. The van der Waals surface area contributed by atoms with Gasteiger partial charge in [-0.2, -0.15) is 0 Å². The SMILES string of the molecule is CCC(Cl)C(=O)NO. The van der Waals surface area contributed by atoms with Crippen molar-refractivity contribution in [1.29, 1.82) is 0 Å². The van der Waals surface area contributed by atoms with Crippen molar-refractivity contribution in [3.8, 4) is 0 Å². The van der Waals surface area contributed by atoms with Crippen LogP contribution in [0.15, 0.2) is 0 Å². The molecular formula is C4H8ClNO2. The van der Waals surface area contributed by atoms with Crippen molar-refractivity contribution in [3.05, 3.63) is 0 Å². The standard InChI is InChI=1S/C4H8ClNO2/c1-2-3(5)4(7)6-8/h3,8H,2H2,1H3,(H,6,7). The van der Waals surface area contributed by atoms with E-state index in [0.717, 1.165) is 0 Å². The Labute approximate surface area is 52.6 Å². The van der Waals surface area contributed by atoms with E-state index in [0.29, 0.717) is 6.42 Å². The maximum Gasteiger partial charge on any atom is 0.261 e. The van der Waals surface area contributed by atoms with Crippen molar-refractivity contribution >= 4 is 17.5 Å². The van der Waals surface area contributed by atoms with E-state index in [1.54, 1.807) is 6.92 Å². The monoisotopic (exact) mass is 137 g/mol. The first-order valence-corrected chi connectivity index (χ1v) is 2.74. The van der Waals surface area contributed by atoms with Crippen LogP contribution in [0.5, 0.6) is 0 Å². The van der Waals surface area contributed by atoms with Crippen LogP contribution in [-0.2, 0) is 4.79 Å². The van der Waals surface area contributed by atoms with Gasteiger partial charge in [-0.1, -0.05) is 6.92 Å². The minimum Gasteiger partial charge on any atom is -0.289 e. The van der Waals surface area contributed by atoms with Crippen LogP contribution in [0.3, 0.4) is 0 Å². The largest absolute Gasteiger partial charge is 0.289 e. The van der Waals surface area contributed by atoms with Crippen molar-refractivity contribution in [2.45, 2.75) is 18.7 Å². The Morgan fingerprint density at radius 2 is 2.50 bits per heavy atom. The summed E-state index contributed by atoms with van der Waals surface area (Å²) in [5.41, 5.74) is 1.44. The third-order valence-corrected chi connectivity index (χ3v) is 1.26. The zero-order chi connectivity index (χ0) is 6.57. The van der Waals surface area contributed by atoms with E-state index >= 15 is 0 Å². The van der Waals surface area contributed by atoms with E-state index in [2.05, 4.69) is 0 Å². The molecule has 0 radical (unpaired) electrons. The van der Waals surface area contributed by atoms with Gasteiger partial charge in [-0.05, 0) is 6.42 Å². The zero-order valence-corrected chi connectivity index (χ0v) is 5.27. The number of hydroxylamine groups is 1. The van der Waals surface area contributed by atoms with E-state index in [-0.39, 0.29) is 0 Å². The highest BCUT2D eigenvalue weighted by Crippen LogP contribution is 1.98. The Hall–Kier alpha value is -0.280. The van der Waals surface area contributed by atoms with E-state index in [1.165, 1.54) is 5.48 Å². The highest BCUT2D eigenvalue weighted by molar-refractivity contribution is 6.30. The van der Waals surface area contributed by atoms with Crippen LogP contribution in [0, 0.1) is 0 Å². The molecule has 1 unspecified atom stereocenters. The highest BCUT2D eigenvalue weighted by atomic mass is 35.5. The maximum absolute atomic E-state index is 10.2. The van der Waals surface area contributed by atoms with Gasteiger partial charge in [0.25, 0.3) is 5.91 Å². The molecule has 0 saturated heterocycles. The fourth-order valence-corrected chi connectivity index (χ4v) is 0.304. The van der Waals surface area contributed by atoms with Gasteiger partial charge in [0.05, 0.1) is 0 Å². The summed E-state index contributed by atoms with van der Waals surface area (Å²) >= 11 is 5.34. The van der Waals surface area contributed by atoms with Gasteiger partial charge in [0.2, 0.25) is 0 Å². The predicted molar refractivity (Wildman–Crippen MR) is 29.9 cm³/mol. The van der Waals surface area contributed by atoms with Gasteiger partial charge in [-0.25, -0.2) is 5.48 Å². The molecule has 48 valence electrons. The second-order valence-corrected chi connectivity index (χ2v) is 1.88. The lowest BCUT2D eigenvalue weighted by atomic mass is 10.3. The van der Waals surface area contributed by atoms with Crippen LogP contribution in [-0.4, -0.2) is 16.5 Å². The fourth-order valence-electron chi connectivity index (χ4n) is 0.255. The predicted octanol–water partition coefficient (Wildman–Crippen LogP) is 0.509. The van der Waals surface area contributed by atoms with Crippen LogP contribution in [0.2, 0.25) is 0 Å². The number of carbonyl (C=O) groups is 1. The maximum atomic E-state index is 10.2. The van der Waals surface area contributed by atoms with Gasteiger partial charge in [0.1, 0.15) is 5.38 Å². The zero-order valence-electron chi connectivity index (χ0n) is 4.52. The van der Waals surface area contributed by atoms with Gasteiger partial charge >= 0.3 is 0 Å². The minimum absolute atomic E-state index is 0.522. The molecule has 0 aromatic heterocycles. The van der Waals surface area contributed by atoms with Crippen molar-refractivity contribution < 1.29 is 10.0 Å². The van der Waals surface area contributed by atoms with Crippen molar-refractivity contribution in [3.63, 3.8) is 0 Å². The summed E-state index contributed by atoms with van der Waals surface area (Å²) in [4.78, 5) is 10.2. The Kier molecular flexibility index (Phi) is 3.56. The van der Waals surface area contributed by atoms with Crippen molar-refractivity contribution in [1.82, 2.24) is 5.48 Å². The number of alkyl halides is 1. The van der Waals surface area contributed by atoms with Crippen LogP contribution in [0.25, 0.3) is 0 Å². The van der Waals surface area contributed by atoms with E-state index in [1.807, 2.05) is 0 Å². The first-order chi connectivity index (χ1) is 3.72. The molecule has 0 aromatic carbocycles. The Morgan fingerprint density at radius 3 is 2.62 bits per heavy atom. The number of hydrogen-bond acceptors (Lipinski definition) is 2. The molecule has 4 heteroatoms. The number of rotatable bonds is 2. The molecule has 0 aromatic rings. The van der Waals surface area contributed by atoms with Crippen LogP contribution >= 0.6 is 11.6 Å². The molecular weight excluding hydrogens is 130 g/mol. The Bertz CT molecular complexity index is 86.1. The summed E-state index contributed by atoms with van der Waals surface area (Å²) < 4.78 is 0. The average Bonchev–Trinajstić information content (AvgIpc) is 1.84. The van der Waals surface area contributed by atoms with Crippen LogP contribution in [0.1, 0.15) is 13.3 Å². The molecule has 2 N–H and O–H groups in total.